The second-order valence-electron chi connectivity index (χ2n) is 7.05. The first kappa shape index (κ1) is 21.1. The number of aliphatic hydroxyl groups is 1. The van der Waals surface area contributed by atoms with Crippen LogP contribution in [0.2, 0.25) is 0 Å². The lowest BCUT2D eigenvalue weighted by Crippen LogP contribution is -2.15. The van der Waals surface area contributed by atoms with Crippen molar-refractivity contribution in [1.82, 2.24) is 14.8 Å². The highest BCUT2D eigenvalue weighted by Gasteiger charge is 2.32. The molecule has 7 nitrogen and oxygen atoms in total. The molecular weight excluding hydrogens is 515 g/mol. The highest BCUT2D eigenvalue weighted by Crippen LogP contribution is 2.39. The van der Waals surface area contributed by atoms with E-state index in [1.54, 1.807) is 11.3 Å². The summed E-state index contributed by atoms with van der Waals surface area (Å²) in [6, 6.07) is 7.67. The minimum atomic E-state index is -0.536. The van der Waals surface area contributed by atoms with Crippen LogP contribution in [0.3, 0.4) is 0 Å². The number of carbonyl (C=O) groups excluding carboxylic acids is 1. The molecule has 30 heavy (non-hydrogen) atoms. The fourth-order valence-corrected chi connectivity index (χ4v) is 5.08. The summed E-state index contributed by atoms with van der Waals surface area (Å²) >= 11 is 3.96. The summed E-state index contributed by atoms with van der Waals surface area (Å²) in [7, 11) is 0. The largest absolute Gasteiger partial charge is 0.463 e. The Morgan fingerprint density at radius 2 is 1.97 bits per heavy atom. The molecule has 3 aromatic rings. The number of aryl methyl sites for hydroxylation is 2. The van der Waals surface area contributed by atoms with Gasteiger partial charge in [-0.05, 0) is 61.1 Å². The maximum Gasteiger partial charge on any atom is 0.308 e. The summed E-state index contributed by atoms with van der Waals surface area (Å²) in [5.74, 6) is 0.946. The zero-order valence-corrected chi connectivity index (χ0v) is 19.8. The van der Waals surface area contributed by atoms with Gasteiger partial charge in [-0.25, -0.2) is 0 Å². The second-order valence-corrected chi connectivity index (χ2v) is 9.50. The van der Waals surface area contributed by atoms with Crippen LogP contribution in [0.4, 0.5) is 0 Å². The van der Waals surface area contributed by atoms with Gasteiger partial charge in [-0.15, -0.1) is 21.5 Å². The smallest absolute Gasteiger partial charge is 0.308 e. The fraction of sp³-hybridized carbons (Fsp3) is 0.333. The molecule has 1 aliphatic rings. The van der Waals surface area contributed by atoms with E-state index in [0.29, 0.717) is 5.82 Å². The van der Waals surface area contributed by atoms with Gasteiger partial charge in [0.15, 0.2) is 5.82 Å². The molecule has 0 spiro atoms. The van der Waals surface area contributed by atoms with Gasteiger partial charge >= 0.3 is 5.97 Å². The molecule has 1 atom stereocenters. The Balaban J connectivity index is 1.91. The summed E-state index contributed by atoms with van der Waals surface area (Å²) in [5.41, 5.74) is 4.04. The number of halogens is 1. The van der Waals surface area contributed by atoms with E-state index in [0.717, 1.165) is 36.8 Å². The van der Waals surface area contributed by atoms with Crippen molar-refractivity contribution in [3.05, 3.63) is 61.1 Å². The lowest BCUT2D eigenvalue weighted by Gasteiger charge is -2.12. The molecule has 0 bridgehead atoms. The molecule has 0 aliphatic carbocycles. The van der Waals surface area contributed by atoms with E-state index in [9.17, 15) is 4.79 Å². The van der Waals surface area contributed by atoms with Crippen molar-refractivity contribution < 1.29 is 14.6 Å². The number of hydrogen-bond donors (Lipinski definition) is 1. The molecule has 0 saturated carbocycles. The van der Waals surface area contributed by atoms with Gasteiger partial charge in [0.2, 0.25) is 0 Å². The van der Waals surface area contributed by atoms with Crippen molar-refractivity contribution in [3.8, 4) is 5.00 Å². The van der Waals surface area contributed by atoms with E-state index in [4.69, 9.17) is 14.8 Å². The molecular formula is C21H21IN4O3S. The highest BCUT2D eigenvalue weighted by atomic mass is 127. The van der Waals surface area contributed by atoms with Crippen LogP contribution in [0.25, 0.3) is 5.00 Å². The number of esters is 1. The number of thiophene rings is 1. The number of carbonyl (C=O) groups is 1. The molecule has 3 heterocycles. The van der Waals surface area contributed by atoms with Gasteiger partial charge in [-0.1, -0.05) is 12.1 Å². The van der Waals surface area contributed by atoms with Gasteiger partial charge in [0, 0.05) is 19.6 Å². The maximum absolute atomic E-state index is 12.4. The predicted molar refractivity (Wildman–Crippen MR) is 124 cm³/mol. The lowest BCUT2D eigenvalue weighted by molar-refractivity contribution is -0.145. The molecule has 0 radical (unpaired) electrons. The number of fused-ring (bicyclic) bond motifs is 3. The van der Waals surface area contributed by atoms with Crippen LogP contribution in [0.1, 0.15) is 45.7 Å². The van der Waals surface area contributed by atoms with Crippen LogP contribution in [0, 0.1) is 24.3 Å². The Bertz CT molecular complexity index is 1130. The average Bonchev–Trinajstić information content (AvgIpc) is 3.19. The van der Waals surface area contributed by atoms with Crippen LogP contribution in [-0.2, 0) is 9.53 Å². The topological polar surface area (TPSA) is 89.6 Å². The van der Waals surface area contributed by atoms with E-state index in [2.05, 4.69) is 58.8 Å². The first-order valence-electron chi connectivity index (χ1n) is 9.53. The van der Waals surface area contributed by atoms with Crippen LogP contribution in [-0.4, -0.2) is 44.8 Å². The van der Waals surface area contributed by atoms with Gasteiger partial charge in [0.05, 0.1) is 18.7 Å². The van der Waals surface area contributed by atoms with E-state index < -0.39 is 12.0 Å². The summed E-state index contributed by atoms with van der Waals surface area (Å²) in [5, 5.41) is 18.6. The van der Waals surface area contributed by atoms with Gasteiger partial charge in [-0.3, -0.25) is 14.4 Å². The van der Waals surface area contributed by atoms with Crippen LogP contribution >= 0.6 is 33.9 Å². The first-order valence-corrected chi connectivity index (χ1v) is 11.4. The van der Waals surface area contributed by atoms with Gasteiger partial charge in [0.1, 0.15) is 23.5 Å². The van der Waals surface area contributed by atoms with E-state index in [1.165, 1.54) is 4.88 Å². The monoisotopic (exact) mass is 536 g/mol. The number of aliphatic imine (C=N–C) groups is 1. The molecule has 0 fully saturated rings. The Kier molecular flexibility index (Phi) is 6.03. The highest BCUT2D eigenvalue weighted by molar-refractivity contribution is 14.1. The molecule has 0 saturated heterocycles. The minimum Gasteiger partial charge on any atom is -0.463 e. The van der Waals surface area contributed by atoms with Crippen molar-refractivity contribution in [2.75, 3.05) is 13.2 Å². The third-order valence-electron chi connectivity index (χ3n) is 5.07. The molecule has 1 aliphatic heterocycles. The van der Waals surface area contributed by atoms with Gasteiger partial charge in [-0.2, -0.15) is 0 Å². The quantitative estimate of drug-likeness (QED) is 0.397. The van der Waals surface area contributed by atoms with E-state index in [-0.39, 0.29) is 19.6 Å². The fourth-order valence-electron chi connectivity index (χ4n) is 3.51. The first-order chi connectivity index (χ1) is 14.4. The van der Waals surface area contributed by atoms with E-state index in [1.807, 2.05) is 23.6 Å². The van der Waals surface area contributed by atoms with Crippen LogP contribution in [0.5, 0.6) is 0 Å². The summed E-state index contributed by atoms with van der Waals surface area (Å²) in [6.07, 6.45) is 0.0268. The average molecular weight is 536 g/mol. The zero-order chi connectivity index (χ0) is 21.4. The maximum atomic E-state index is 12.4. The number of aliphatic hydroxyl groups excluding tert-OH is 1. The molecule has 1 N–H and O–H groups in total. The van der Waals surface area contributed by atoms with E-state index >= 15 is 0 Å². The summed E-state index contributed by atoms with van der Waals surface area (Å²) < 4.78 is 8.25. The van der Waals surface area contributed by atoms with Crippen molar-refractivity contribution in [2.24, 2.45) is 4.99 Å². The molecule has 156 valence electrons. The third kappa shape index (κ3) is 3.81. The number of aromatic nitrogens is 3. The Labute approximate surface area is 192 Å². The molecule has 9 heteroatoms. The molecule has 1 unspecified atom stereocenters. The number of ether oxygens (including phenoxy) is 1. The second kappa shape index (κ2) is 8.56. The Morgan fingerprint density at radius 1 is 1.23 bits per heavy atom. The zero-order valence-electron chi connectivity index (χ0n) is 16.8. The standard InChI is InChI=1S/C21H21IN4O3S/c1-11-12(2)30-21-18(11)19(14-4-6-15(22)7-5-14)23-16(10-17(28)29-9-8-27)20-25-24-13(3)26(20)21/h4-7,16,27H,8-10H2,1-3H3. The lowest BCUT2D eigenvalue weighted by atomic mass is 10.00. The Morgan fingerprint density at radius 3 is 2.67 bits per heavy atom. The van der Waals surface area contributed by atoms with Crippen LogP contribution < -0.4 is 0 Å². The third-order valence-corrected chi connectivity index (χ3v) is 6.98. The number of rotatable bonds is 5. The number of benzene rings is 1. The summed E-state index contributed by atoms with van der Waals surface area (Å²) in [6.45, 7) is 5.86. The minimum absolute atomic E-state index is 0.0268. The molecule has 0 amide bonds. The van der Waals surface area contributed by atoms with Gasteiger partial charge in [0.25, 0.3) is 0 Å². The van der Waals surface area contributed by atoms with Crippen molar-refractivity contribution in [3.63, 3.8) is 0 Å². The number of hydrogen-bond acceptors (Lipinski definition) is 7. The Hall–Kier alpha value is -2.11. The SMILES string of the molecule is Cc1sc2c(c1C)C(c1ccc(I)cc1)=NC(CC(=O)OCCO)c1nnc(C)n1-2. The van der Waals surface area contributed by atoms with Crippen molar-refractivity contribution >= 4 is 45.6 Å². The van der Waals surface area contributed by atoms with Gasteiger partial charge < -0.3 is 9.84 Å². The summed E-state index contributed by atoms with van der Waals surface area (Å²) in [4.78, 5) is 18.6. The normalized spacial score (nSPS) is 15.2. The molecule has 2 aromatic heterocycles. The van der Waals surface area contributed by atoms with Crippen molar-refractivity contribution in [1.29, 1.82) is 0 Å². The van der Waals surface area contributed by atoms with Crippen LogP contribution in [0.15, 0.2) is 29.3 Å². The van der Waals surface area contributed by atoms with Crippen molar-refractivity contribution in [2.45, 2.75) is 33.2 Å². The molecule has 1 aromatic carbocycles. The number of nitrogens with zero attached hydrogens (tertiary/aromatic N) is 4. The molecule has 4 rings (SSSR count). The predicted octanol–water partition coefficient (Wildman–Crippen LogP) is 3.68.